The number of carboxylic acid groups (broad SMARTS) is 1. The normalized spacial score (nSPS) is 37.6. The Morgan fingerprint density at radius 3 is 2.37 bits per heavy atom. The van der Waals surface area contributed by atoms with Gasteiger partial charge in [-0.05, 0) is 51.0 Å². The first-order valence-electron chi connectivity index (χ1n) is 7.42. The van der Waals surface area contributed by atoms with E-state index in [-0.39, 0.29) is 36.4 Å². The Kier molecular flexibility index (Phi) is 3.48. The summed E-state index contributed by atoms with van der Waals surface area (Å²) in [6.07, 6.45) is 6.16. The van der Waals surface area contributed by atoms with Gasteiger partial charge in [-0.15, -0.1) is 0 Å². The summed E-state index contributed by atoms with van der Waals surface area (Å²) >= 11 is 0. The highest BCUT2D eigenvalue weighted by Crippen LogP contribution is 2.40. The topological polar surface area (TPSA) is 69.6 Å². The van der Waals surface area contributed by atoms with Gasteiger partial charge in [0.2, 0.25) is 5.91 Å². The van der Waals surface area contributed by atoms with Crippen molar-refractivity contribution in [1.82, 2.24) is 10.2 Å². The third kappa shape index (κ3) is 2.48. The standard InChI is InChI=1S/C14H22N2O3/c17-13(18)8-9-6-10-3-4-11(7-9)16(10)14(19)12-2-1-5-15-12/h9-12,15H,1-8H2,(H,17,18)/t9?,10?,11?,12-/m0/s1. The van der Waals surface area contributed by atoms with Crippen molar-refractivity contribution in [3.63, 3.8) is 0 Å². The number of nitrogens with zero attached hydrogens (tertiary/aromatic N) is 1. The number of carbonyl (C=O) groups excluding carboxylic acids is 1. The highest BCUT2D eigenvalue weighted by molar-refractivity contribution is 5.83. The van der Waals surface area contributed by atoms with Gasteiger partial charge in [-0.3, -0.25) is 9.59 Å². The third-order valence-corrected chi connectivity index (χ3v) is 4.91. The van der Waals surface area contributed by atoms with Gasteiger partial charge in [0.15, 0.2) is 0 Å². The van der Waals surface area contributed by atoms with Gasteiger partial charge in [0.25, 0.3) is 0 Å². The molecule has 2 unspecified atom stereocenters. The minimum atomic E-state index is -0.707. The SMILES string of the molecule is O=C(O)CC1CC2CCC(C1)N2C(=O)[C@@H]1CCCN1. The number of piperidine rings is 1. The van der Waals surface area contributed by atoms with Crippen LogP contribution in [0.2, 0.25) is 0 Å². The molecule has 3 atom stereocenters. The summed E-state index contributed by atoms with van der Waals surface area (Å²) < 4.78 is 0. The van der Waals surface area contributed by atoms with Crippen LogP contribution in [0, 0.1) is 5.92 Å². The summed E-state index contributed by atoms with van der Waals surface area (Å²) in [7, 11) is 0. The summed E-state index contributed by atoms with van der Waals surface area (Å²) in [6.45, 7) is 0.946. The smallest absolute Gasteiger partial charge is 0.303 e. The predicted octanol–water partition coefficient (Wildman–Crippen LogP) is 0.983. The van der Waals surface area contributed by atoms with Gasteiger partial charge in [-0.2, -0.15) is 0 Å². The van der Waals surface area contributed by atoms with E-state index in [9.17, 15) is 9.59 Å². The molecule has 0 aromatic carbocycles. The summed E-state index contributed by atoms with van der Waals surface area (Å²) in [5.41, 5.74) is 0. The van der Waals surface area contributed by atoms with E-state index in [1.54, 1.807) is 0 Å². The molecule has 5 nitrogen and oxygen atoms in total. The second-order valence-corrected chi connectivity index (χ2v) is 6.21. The van der Waals surface area contributed by atoms with Gasteiger partial charge in [-0.1, -0.05) is 0 Å². The van der Waals surface area contributed by atoms with Crippen LogP contribution >= 0.6 is 0 Å². The van der Waals surface area contributed by atoms with Crippen LogP contribution in [0.4, 0.5) is 0 Å². The monoisotopic (exact) mass is 266 g/mol. The maximum absolute atomic E-state index is 12.5. The van der Waals surface area contributed by atoms with Crippen molar-refractivity contribution >= 4 is 11.9 Å². The third-order valence-electron chi connectivity index (χ3n) is 4.91. The van der Waals surface area contributed by atoms with Gasteiger partial charge in [-0.25, -0.2) is 0 Å². The first-order chi connectivity index (χ1) is 9.15. The number of fused-ring (bicyclic) bond motifs is 2. The molecule has 3 aliphatic heterocycles. The molecule has 0 radical (unpaired) electrons. The van der Waals surface area contributed by atoms with E-state index in [2.05, 4.69) is 10.2 Å². The molecule has 0 spiro atoms. The van der Waals surface area contributed by atoms with Crippen molar-refractivity contribution in [2.45, 2.75) is 63.1 Å². The van der Waals surface area contributed by atoms with Crippen molar-refractivity contribution in [2.24, 2.45) is 5.92 Å². The maximum Gasteiger partial charge on any atom is 0.303 e. The second kappa shape index (κ2) is 5.12. The number of aliphatic carboxylic acids is 1. The zero-order valence-electron chi connectivity index (χ0n) is 11.2. The maximum atomic E-state index is 12.5. The molecule has 1 amide bonds. The fourth-order valence-electron chi connectivity index (χ4n) is 4.14. The van der Waals surface area contributed by atoms with E-state index in [4.69, 9.17) is 5.11 Å². The Hall–Kier alpha value is -1.10. The number of carboxylic acids is 1. The molecule has 2 bridgehead atoms. The molecule has 3 fully saturated rings. The van der Waals surface area contributed by atoms with Crippen LogP contribution < -0.4 is 5.32 Å². The Balaban J connectivity index is 1.65. The fourth-order valence-corrected chi connectivity index (χ4v) is 4.14. The average Bonchev–Trinajstić information content (AvgIpc) is 2.95. The summed E-state index contributed by atoms with van der Waals surface area (Å²) in [5.74, 6) is -0.184. The molecule has 106 valence electrons. The number of hydrogen-bond donors (Lipinski definition) is 2. The van der Waals surface area contributed by atoms with Crippen LogP contribution in [0.5, 0.6) is 0 Å². The Morgan fingerprint density at radius 2 is 1.84 bits per heavy atom. The number of nitrogens with one attached hydrogen (secondary N) is 1. The summed E-state index contributed by atoms with van der Waals surface area (Å²) in [5, 5.41) is 12.2. The zero-order valence-corrected chi connectivity index (χ0v) is 11.2. The lowest BCUT2D eigenvalue weighted by molar-refractivity contribution is -0.140. The van der Waals surface area contributed by atoms with E-state index in [0.717, 1.165) is 45.1 Å². The largest absolute Gasteiger partial charge is 0.481 e. The average molecular weight is 266 g/mol. The number of carbonyl (C=O) groups is 2. The van der Waals surface area contributed by atoms with E-state index in [1.807, 2.05) is 0 Å². The van der Waals surface area contributed by atoms with Crippen LogP contribution in [0.3, 0.4) is 0 Å². The van der Waals surface area contributed by atoms with E-state index < -0.39 is 5.97 Å². The lowest BCUT2D eigenvalue weighted by Crippen LogP contribution is -2.52. The minimum absolute atomic E-state index is 0.0131. The van der Waals surface area contributed by atoms with Crippen LogP contribution in [-0.2, 0) is 9.59 Å². The van der Waals surface area contributed by atoms with Crippen LogP contribution in [-0.4, -0.2) is 46.6 Å². The molecule has 3 saturated heterocycles. The van der Waals surface area contributed by atoms with E-state index in [0.29, 0.717) is 0 Å². The highest BCUT2D eigenvalue weighted by Gasteiger charge is 2.45. The van der Waals surface area contributed by atoms with Crippen molar-refractivity contribution < 1.29 is 14.7 Å². The Labute approximate surface area is 113 Å². The molecule has 5 heteroatoms. The fraction of sp³-hybridized carbons (Fsp3) is 0.857. The first-order valence-corrected chi connectivity index (χ1v) is 7.42. The minimum Gasteiger partial charge on any atom is -0.481 e. The molecule has 0 saturated carbocycles. The molecule has 0 aliphatic carbocycles. The molecular formula is C14H22N2O3. The van der Waals surface area contributed by atoms with Crippen LogP contribution in [0.25, 0.3) is 0 Å². The van der Waals surface area contributed by atoms with Crippen molar-refractivity contribution in [2.75, 3.05) is 6.54 Å². The molecule has 3 heterocycles. The Bertz CT molecular complexity index is 365. The van der Waals surface area contributed by atoms with Gasteiger partial charge in [0, 0.05) is 18.5 Å². The molecule has 2 N–H and O–H groups in total. The number of amides is 1. The predicted molar refractivity (Wildman–Crippen MR) is 69.7 cm³/mol. The van der Waals surface area contributed by atoms with E-state index >= 15 is 0 Å². The molecular weight excluding hydrogens is 244 g/mol. The van der Waals surface area contributed by atoms with Gasteiger partial charge in [0.1, 0.15) is 0 Å². The van der Waals surface area contributed by atoms with Crippen LogP contribution in [0.15, 0.2) is 0 Å². The van der Waals surface area contributed by atoms with E-state index in [1.165, 1.54) is 0 Å². The first kappa shape index (κ1) is 12.9. The van der Waals surface area contributed by atoms with Gasteiger partial charge in [0.05, 0.1) is 6.04 Å². The van der Waals surface area contributed by atoms with Crippen molar-refractivity contribution in [3.05, 3.63) is 0 Å². The molecule has 3 rings (SSSR count). The van der Waals surface area contributed by atoms with Crippen molar-refractivity contribution in [3.8, 4) is 0 Å². The Morgan fingerprint density at radius 1 is 1.16 bits per heavy atom. The highest BCUT2D eigenvalue weighted by atomic mass is 16.4. The molecule has 3 aliphatic rings. The summed E-state index contributed by atoms with van der Waals surface area (Å²) in [6, 6.07) is 0.593. The quantitative estimate of drug-likeness (QED) is 0.799. The van der Waals surface area contributed by atoms with Crippen LogP contribution in [0.1, 0.15) is 44.9 Å². The molecule has 0 aromatic rings. The lowest BCUT2D eigenvalue weighted by Gasteiger charge is -2.40. The molecule has 19 heavy (non-hydrogen) atoms. The lowest BCUT2D eigenvalue weighted by atomic mass is 9.87. The van der Waals surface area contributed by atoms with Gasteiger partial charge < -0.3 is 15.3 Å². The summed E-state index contributed by atoms with van der Waals surface area (Å²) in [4.78, 5) is 25.5. The van der Waals surface area contributed by atoms with Crippen molar-refractivity contribution in [1.29, 1.82) is 0 Å². The second-order valence-electron chi connectivity index (χ2n) is 6.21. The molecule has 0 aromatic heterocycles. The zero-order chi connectivity index (χ0) is 13.4. The number of hydrogen-bond acceptors (Lipinski definition) is 3. The van der Waals surface area contributed by atoms with Gasteiger partial charge >= 0.3 is 5.97 Å². The number of rotatable bonds is 3.